The summed E-state index contributed by atoms with van der Waals surface area (Å²) in [5, 5.41) is 9.40. The topological polar surface area (TPSA) is 33.0 Å². The van der Waals surface area contributed by atoms with E-state index in [-0.39, 0.29) is 0 Å². The molecule has 2 aromatic rings. The Hall–Kier alpha value is -1.98. The highest BCUT2D eigenvalue weighted by Crippen LogP contribution is 2.31. The molecule has 0 amide bonds. The summed E-state index contributed by atoms with van der Waals surface area (Å²) in [6.07, 6.45) is 0. The first kappa shape index (κ1) is 11.5. The molecule has 0 bridgehead atoms. The molecule has 2 rings (SSSR count). The number of rotatable bonds is 2. The van der Waals surface area contributed by atoms with Crippen molar-refractivity contribution in [2.45, 2.75) is 0 Å². The van der Waals surface area contributed by atoms with E-state index in [0.29, 0.717) is 10.6 Å². The van der Waals surface area contributed by atoms with Gasteiger partial charge in [0, 0.05) is 10.6 Å². The smallest absolute Gasteiger partial charge is 0.119 e. The van der Waals surface area contributed by atoms with Gasteiger partial charge in [-0.05, 0) is 35.9 Å². The Morgan fingerprint density at radius 2 is 1.82 bits per heavy atom. The maximum absolute atomic E-state index is 8.74. The van der Waals surface area contributed by atoms with E-state index in [4.69, 9.17) is 21.6 Å². The first-order valence-corrected chi connectivity index (χ1v) is 5.46. The molecule has 84 valence electrons. The van der Waals surface area contributed by atoms with Crippen LogP contribution in [0.1, 0.15) is 5.56 Å². The minimum atomic E-state index is 0.632. The van der Waals surface area contributed by atoms with E-state index in [1.807, 2.05) is 24.3 Å². The number of nitriles is 1. The number of benzene rings is 2. The van der Waals surface area contributed by atoms with Gasteiger partial charge < -0.3 is 4.74 Å². The van der Waals surface area contributed by atoms with Crippen molar-refractivity contribution in [1.82, 2.24) is 0 Å². The molecule has 0 saturated heterocycles. The first-order valence-electron chi connectivity index (χ1n) is 5.08. The van der Waals surface area contributed by atoms with Crippen molar-refractivity contribution < 1.29 is 4.74 Å². The molecule has 0 N–H and O–H groups in total. The summed E-state index contributed by atoms with van der Waals surface area (Å²) in [7, 11) is 1.62. The normalized spacial score (nSPS) is 9.71. The number of hydrogen-bond acceptors (Lipinski definition) is 2. The van der Waals surface area contributed by atoms with Gasteiger partial charge in [0.25, 0.3) is 0 Å². The van der Waals surface area contributed by atoms with Gasteiger partial charge in [-0.2, -0.15) is 5.26 Å². The number of methoxy groups -OCH3 is 1. The molecule has 0 radical (unpaired) electrons. The SMILES string of the molecule is COc1ccc(Cl)c(-c2ccc(C#N)cc2)c1. The van der Waals surface area contributed by atoms with Crippen molar-refractivity contribution in [3.63, 3.8) is 0 Å². The number of hydrogen-bond donors (Lipinski definition) is 0. The fourth-order valence-electron chi connectivity index (χ4n) is 1.58. The second-order valence-electron chi connectivity index (χ2n) is 3.53. The van der Waals surface area contributed by atoms with Crippen LogP contribution in [-0.2, 0) is 0 Å². The largest absolute Gasteiger partial charge is 0.497 e. The fraction of sp³-hybridized carbons (Fsp3) is 0.0714. The van der Waals surface area contributed by atoms with Crippen LogP contribution in [0.4, 0.5) is 0 Å². The molecule has 0 heterocycles. The van der Waals surface area contributed by atoms with Crippen LogP contribution in [0.25, 0.3) is 11.1 Å². The lowest BCUT2D eigenvalue weighted by atomic mass is 10.0. The van der Waals surface area contributed by atoms with Crippen LogP contribution in [0, 0.1) is 11.3 Å². The van der Waals surface area contributed by atoms with Crippen molar-refractivity contribution >= 4 is 11.6 Å². The Kier molecular flexibility index (Phi) is 3.32. The zero-order valence-corrected chi connectivity index (χ0v) is 10.0. The van der Waals surface area contributed by atoms with Gasteiger partial charge >= 0.3 is 0 Å². The predicted molar refractivity (Wildman–Crippen MR) is 68.2 cm³/mol. The van der Waals surface area contributed by atoms with E-state index in [1.165, 1.54) is 0 Å². The fourth-order valence-corrected chi connectivity index (χ4v) is 1.80. The van der Waals surface area contributed by atoms with Crippen molar-refractivity contribution in [3.8, 4) is 22.9 Å². The molecule has 0 aliphatic carbocycles. The van der Waals surface area contributed by atoms with Crippen molar-refractivity contribution in [3.05, 3.63) is 53.1 Å². The van der Waals surface area contributed by atoms with E-state index in [1.54, 1.807) is 25.3 Å². The summed E-state index contributed by atoms with van der Waals surface area (Å²) in [6, 6.07) is 14.9. The Bertz CT molecular complexity index is 570. The molecule has 0 spiro atoms. The lowest BCUT2D eigenvalue weighted by Gasteiger charge is -2.07. The molecule has 0 atom stereocenters. The summed E-state index contributed by atoms with van der Waals surface area (Å²) in [5.74, 6) is 0.758. The summed E-state index contributed by atoms with van der Waals surface area (Å²) < 4.78 is 5.17. The first-order chi connectivity index (χ1) is 8.24. The van der Waals surface area contributed by atoms with Gasteiger partial charge in [-0.1, -0.05) is 23.7 Å². The standard InChI is InChI=1S/C14H10ClNO/c1-17-12-6-7-14(15)13(8-12)11-4-2-10(9-16)3-5-11/h2-8H,1H3. The van der Waals surface area contributed by atoms with Crippen LogP contribution in [0.3, 0.4) is 0 Å². The summed E-state index contributed by atoms with van der Waals surface area (Å²) in [4.78, 5) is 0. The highest BCUT2D eigenvalue weighted by molar-refractivity contribution is 6.33. The van der Waals surface area contributed by atoms with E-state index in [0.717, 1.165) is 16.9 Å². The predicted octanol–water partition coefficient (Wildman–Crippen LogP) is 3.89. The zero-order valence-electron chi connectivity index (χ0n) is 9.27. The molecule has 3 heteroatoms. The molecule has 0 unspecified atom stereocenters. The van der Waals surface area contributed by atoms with Crippen molar-refractivity contribution in [2.75, 3.05) is 7.11 Å². The van der Waals surface area contributed by atoms with Gasteiger partial charge in [0.15, 0.2) is 0 Å². The minimum absolute atomic E-state index is 0.632. The van der Waals surface area contributed by atoms with Crippen LogP contribution >= 0.6 is 11.6 Å². The average molecular weight is 244 g/mol. The molecular formula is C14H10ClNO. The lowest BCUT2D eigenvalue weighted by Crippen LogP contribution is -1.85. The van der Waals surface area contributed by atoms with Gasteiger partial charge in [0.1, 0.15) is 5.75 Å². The highest BCUT2D eigenvalue weighted by Gasteiger charge is 2.05. The maximum Gasteiger partial charge on any atom is 0.119 e. The third-order valence-corrected chi connectivity index (χ3v) is 2.83. The van der Waals surface area contributed by atoms with Gasteiger partial charge in [0.2, 0.25) is 0 Å². The summed E-state index contributed by atoms with van der Waals surface area (Å²) >= 11 is 6.14. The molecule has 2 nitrogen and oxygen atoms in total. The van der Waals surface area contributed by atoms with Crippen LogP contribution in [0.2, 0.25) is 5.02 Å². The quantitative estimate of drug-likeness (QED) is 0.802. The average Bonchev–Trinajstić information content (AvgIpc) is 2.39. The molecule has 0 fully saturated rings. The van der Waals surface area contributed by atoms with Crippen molar-refractivity contribution in [1.29, 1.82) is 5.26 Å². The molecule has 0 aliphatic heterocycles. The Labute approximate surface area is 105 Å². The molecule has 17 heavy (non-hydrogen) atoms. The van der Waals surface area contributed by atoms with E-state index in [2.05, 4.69) is 6.07 Å². The van der Waals surface area contributed by atoms with Gasteiger partial charge in [-0.25, -0.2) is 0 Å². The van der Waals surface area contributed by atoms with Crippen LogP contribution in [0.5, 0.6) is 5.75 Å². The van der Waals surface area contributed by atoms with E-state index >= 15 is 0 Å². The van der Waals surface area contributed by atoms with Crippen molar-refractivity contribution in [2.24, 2.45) is 0 Å². The summed E-state index contributed by atoms with van der Waals surface area (Å²) in [5.41, 5.74) is 2.50. The minimum Gasteiger partial charge on any atom is -0.497 e. The summed E-state index contributed by atoms with van der Waals surface area (Å²) in [6.45, 7) is 0. The third kappa shape index (κ3) is 2.41. The van der Waals surface area contributed by atoms with Gasteiger partial charge in [0.05, 0.1) is 18.7 Å². The van der Waals surface area contributed by atoms with Crippen LogP contribution < -0.4 is 4.74 Å². The zero-order chi connectivity index (χ0) is 12.3. The molecule has 0 aliphatic rings. The molecule has 0 saturated carbocycles. The second-order valence-corrected chi connectivity index (χ2v) is 3.94. The number of ether oxygens (including phenoxy) is 1. The van der Waals surface area contributed by atoms with Crippen LogP contribution in [0.15, 0.2) is 42.5 Å². The van der Waals surface area contributed by atoms with Crippen LogP contribution in [-0.4, -0.2) is 7.11 Å². The van der Waals surface area contributed by atoms with E-state index in [9.17, 15) is 0 Å². The molecule has 2 aromatic carbocycles. The monoisotopic (exact) mass is 243 g/mol. The second kappa shape index (κ2) is 4.90. The lowest BCUT2D eigenvalue weighted by molar-refractivity contribution is 0.415. The Morgan fingerprint density at radius 1 is 1.12 bits per heavy atom. The number of halogens is 1. The third-order valence-electron chi connectivity index (χ3n) is 2.50. The molecule has 0 aromatic heterocycles. The maximum atomic E-state index is 8.74. The van der Waals surface area contributed by atoms with E-state index < -0.39 is 0 Å². The Balaban J connectivity index is 2.48. The van der Waals surface area contributed by atoms with Gasteiger partial charge in [-0.15, -0.1) is 0 Å². The number of nitrogens with zero attached hydrogens (tertiary/aromatic N) is 1. The molecular weight excluding hydrogens is 234 g/mol. The van der Waals surface area contributed by atoms with Gasteiger partial charge in [-0.3, -0.25) is 0 Å². The highest BCUT2D eigenvalue weighted by atomic mass is 35.5. The Morgan fingerprint density at radius 3 is 2.41 bits per heavy atom.